The van der Waals surface area contributed by atoms with E-state index >= 15 is 0 Å². The molecular formula is C17H17NO4. The van der Waals surface area contributed by atoms with Crippen molar-refractivity contribution in [2.45, 2.75) is 13.3 Å². The van der Waals surface area contributed by atoms with Gasteiger partial charge in [-0.15, -0.1) is 0 Å². The van der Waals surface area contributed by atoms with Crippen LogP contribution in [0.15, 0.2) is 36.5 Å². The Kier molecular flexibility index (Phi) is 4.88. The number of pyridine rings is 1. The monoisotopic (exact) mass is 299 g/mol. The summed E-state index contributed by atoms with van der Waals surface area (Å²) in [6.45, 7) is 1.85. The van der Waals surface area contributed by atoms with E-state index in [1.54, 1.807) is 37.4 Å². The molecule has 2 aromatic rings. The third-order valence-electron chi connectivity index (χ3n) is 3.30. The van der Waals surface area contributed by atoms with E-state index in [0.717, 1.165) is 5.56 Å². The number of methoxy groups -OCH3 is 2. The maximum Gasteiger partial charge on any atom is 0.224 e. The molecule has 0 atom stereocenters. The number of ketones is 2. The van der Waals surface area contributed by atoms with E-state index in [0.29, 0.717) is 16.9 Å². The van der Waals surface area contributed by atoms with E-state index in [2.05, 4.69) is 4.98 Å². The second-order valence-corrected chi connectivity index (χ2v) is 4.77. The summed E-state index contributed by atoms with van der Waals surface area (Å²) >= 11 is 0. The molecule has 0 aliphatic carbocycles. The highest BCUT2D eigenvalue weighted by Crippen LogP contribution is 2.21. The molecular weight excluding hydrogens is 282 g/mol. The SMILES string of the molecule is COc1ccc(C(=O)CC(=O)c2cccnc2OC)cc1C. The second-order valence-electron chi connectivity index (χ2n) is 4.77. The highest BCUT2D eigenvalue weighted by molar-refractivity contribution is 6.14. The number of hydrogen-bond donors (Lipinski definition) is 0. The summed E-state index contributed by atoms with van der Waals surface area (Å²) in [5.74, 6) is 0.369. The molecule has 0 radical (unpaired) electrons. The number of ether oxygens (including phenoxy) is 2. The molecule has 0 saturated carbocycles. The van der Waals surface area contributed by atoms with E-state index in [-0.39, 0.29) is 23.9 Å². The van der Waals surface area contributed by atoms with Crippen LogP contribution in [0.25, 0.3) is 0 Å². The van der Waals surface area contributed by atoms with Gasteiger partial charge in [0, 0.05) is 11.8 Å². The van der Waals surface area contributed by atoms with Crippen molar-refractivity contribution in [2.75, 3.05) is 14.2 Å². The number of Topliss-reactive ketones (excluding diaryl/α,β-unsaturated/α-hetero) is 2. The average Bonchev–Trinajstić information content (AvgIpc) is 2.54. The maximum absolute atomic E-state index is 12.3. The normalized spacial score (nSPS) is 10.1. The molecule has 0 spiro atoms. The molecule has 1 aromatic carbocycles. The van der Waals surface area contributed by atoms with Gasteiger partial charge in [-0.1, -0.05) is 0 Å². The predicted molar refractivity (Wildman–Crippen MR) is 81.8 cm³/mol. The molecule has 0 aliphatic heterocycles. The van der Waals surface area contributed by atoms with E-state index in [1.165, 1.54) is 13.3 Å². The average molecular weight is 299 g/mol. The molecule has 5 heteroatoms. The zero-order valence-corrected chi connectivity index (χ0v) is 12.8. The predicted octanol–water partition coefficient (Wildman–Crippen LogP) is 2.86. The van der Waals surface area contributed by atoms with Crippen LogP contribution >= 0.6 is 0 Å². The standard InChI is InChI=1S/C17H17NO4/c1-11-9-12(6-7-16(11)21-2)14(19)10-15(20)13-5-4-8-18-17(13)22-3/h4-9H,10H2,1-3H3. The first-order valence-electron chi connectivity index (χ1n) is 6.77. The van der Waals surface area contributed by atoms with Gasteiger partial charge in [-0.25, -0.2) is 4.98 Å². The smallest absolute Gasteiger partial charge is 0.224 e. The number of aromatic nitrogens is 1. The summed E-state index contributed by atoms with van der Waals surface area (Å²) in [7, 11) is 3.01. The zero-order valence-electron chi connectivity index (χ0n) is 12.8. The van der Waals surface area contributed by atoms with Gasteiger partial charge in [-0.3, -0.25) is 9.59 Å². The molecule has 114 valence electrons. The van der Waals surface area contributed by atoms with Crippen LogP contribution in [0.2, 0.25) is 0 Å². The molecule has 5 nitrogen and oxygen atoms in total. The highest BCUT2D eigenvalue weighted by atomic mass is 16.5. The van der Waals surface area contributed by atoms with Crippen molar-refractivity contribution in [3.63, 3.8) is 0 Å². The van der Waals surface area contributed by atoms with Crippen molar-refractivity contribution in [1.29, 1.82) is 0 Å². The number of hydrogen-bond acceptors (Lipinski definition) is 5. The summed E-state index contributed by atoms with van der Waals surface area (Å²) < 4.78 is 10.2. The van der Waals surface area contributed by atoms with Gasteiger partial charge in [-0.2, -0.15) is 0 Å². The molecule has 2 rings (SSSR count). The number of aryl methyl sites for hydroxylation is 1. The van der Waals surface area contributed by atoms with Crippen LogP contribution in [0.1, 0.15) is 32.7 Å². The van der Waals surface area contributed by atoms with E-state index < -0.39 is 0 Å². The first-order valence-corrected chi connectivity index (χ1v) is 6.77. The minimum Gasteiger partial charge on any atom is -0.496 e. The summed E-state index contributed by atoms with van der Waals surface area (Å²) in [5, 5.41) is 0. The van der Waals surface area contributed by atoms with Gasteiger partial charge in [0.15, 0.2) is 11.6 Å². The molecule has 0 fully saturated rings. The van der Waals surface area contributed by atoms with Gasteiger partial charge in [-0.05, 0) is 42.8 Å². The lowest BCUT2D eigenvalue weighted by Crippen LogP contribution is -2.10. The van der Waals surface area contributed by atoms with Crippen LogP contribution in [0.5, 0.6) is 11.6 Å². The Morgan fingerprint density at radius 1 is 1.09 bits per heavy atom. The first kappa shape index (κ1) is 15.7. The van der Waals surface area contributed by atoms with Crippen LogP contribution in [0.3, 0.4) is 0 Å². The topological polar surface area (TPSA) is 65.5 Å². The van der Waals surface area contributed by atoms with Crippen molar-refractivity contribution >= 4 is 11.6 Å². The quantitative estimate of drug-likeness (QED) is 0.606. The third-order valence-corrected chi connectivity index (χ3v) is 3.30. The van der Waals surface area contributed by atoms with E-state index in [4.69, 9.17) is 9.47 Å². The molecule has 0 N–H and O–H groups in total. The van der Waals surface area contributed by atoms with Gasteiger partial charge in [0.2, 0.25) is 5.88 Å². The zero-order chi connectivity index (χ0) is 16.1. The Morgan fingerprint density at radius 2 is 1.86 bits per heavy atom. The van der Waals surface area contributed by atoms with Crippen LogP contribution in [-0.2, 0) is 0 Å². The fourth-order valence-corrected chi connectivity index (χ4v) is 2.16. The number of carbonyl (C=O) groups excluding carboxylic acids is 2. The van der Waals surface area contributed by atoms with E-state index in [1.807, 2.05) is 6.92 Å². The molecule has 1 heterocycles. The largest absolute Gasteiger partial charge is 0.496 e. The lowest BCUT2D eigenvalue weighted by Gasteiger charge is -2.08. The number of nitrogens with zero attached hydrogens (tertiary/aromatic N) is 1. The van der Waals surface area contributed by atoms with Crippen LogP contribution in [0, 0.1) is 6.92 Å². The Morgan fingerprint density at radius 3 is 2.50 bits per heavy atom. The van der Waals surface area contributed by atoms with Crippen molar-refractivity contribution in [3.05, 3.63) is 53.2 Å². The van der Waals surface area contributed by atoms with Gasteiger partial charge >= 0.3 is 0 Å². The van der Waals surface area contributed by atoms with Crippen molar-refractivity contribution < 1.29 is 19.1 Å². The Bertz CT molecular complexity index is 710. The number of benzene rings is 1. The summed E-state index contributed by atoms with van der Waals surface area (Å²) in [5.41, 5.74) is 1.64. The summed E-state index contributed by atoms with van der Waals surface area (Å²) in [4.78, 5) is 28.5. The van der Waals surface area contributed by atoms with E-state index in [9.17, 15) is 9.59 Å². The summed E-state index contributed by atoms with van der Waals surface area (Å²) in [6.07, 6.45) is 1.30. The molecule has 22 heavy (non-hydrogen) atoms. The van der Waals surface area contributed by atoms with Crippen LogP contribution < -0.4 is 9.47 Å². The lowest BCUT2D eigenvalue weighted by atomic mass is 10.0. The van der Waals surface area contributed by atoms with Gasteiger partial charge in [0.1, 0.15) is 5.75 Å². The number of rotatable bonds is 6. The van der Waals surface area contributed by atoms with Crippen molar-refractivity contribution in [3.8, 4) is 11.6 Å². The molecule has 0 bridgehead atoms. The minimum absolute atomic E-state index is 0.228. The molecule has 0 aliphatic rings. The minimum atomic E-state index is -0.316. The maximum atomic E-state index is 12.3. The number of carbonyl (C=O) groups is 2. The molecule has 0 unspecified atom stereocenters. The molecule has 0 amide bonds. The summed E-state index contributed by atoms with van der Waals surface area (Å²) in [6, 6.07) is 8.33. The molecule has 0 saturated heterocycles. The fraction of sp³-hybridized carbons (Fsp3) is 0.235. The van der Waals surface area contributed by atoms with Gasteiger partial charge in [0.05, 0.1) is 26.2 Å². The fourth-order valence-electron chi connectivity index (χ4n) is 2.16. The van der Waals surface area contributed by atoms with Crippen molar-refractivity contribution in [1.82, 2.24) is 4.98 Å². The third kappa shape index (κ3) is 3.31. The molecule has 1 aromatic heterocycles. The second kappa shape index (κ2) is 6.85. The Balaban J connectivity index is 2.18. The van der Waals surface area contributed by atoms with Gasteiger partial charge < -0.3 is 9.47 Å². The van der Waals surface area contributed by atoms with Gasteiger partial charge in [0.25, 0.3) is 0 Å². The highest BCUT2D eigenvalue weighted by Gasteiger charge is 2.18. The Labute approximate surface area is 128 Å². The van der Waals surface area contributed by atoms with Crippen molar-refractivity contribution in [2.24, 2.45) is 0 Å². The lowest BCUT2D eigenvalue weighted by molar-refractivity contribution is 0.0892. The Hall–Kier alpha value is -2.69. The first-order chi connectivity index (χ1) is 10.6. The van der Waals surface area contributed by atoms with Crippen LogP contribution in [-0.4, -0.2) is 30.8 Å². The van der Waals surface area contributed by atoms with Crippen LogP contribution in [0.4, 0.5) is 0 Å².